The van der Waals surface area contributed by atoms with E-state index >= 15 is 0 Å². The van der Waals surface area contributed by atoms with Crippen molar-refractivity contribution in [3.63, 3.8) is 0 Å². The Kier molecular flexibility index (Phi) is 5.88. The standard InChI is InChI=1S/C17H25N3S/c1-5-15(21-16-12-13(3)19-20(16)4)17(18-6-2)14-10-8-7-9-11-14/h7-12,15,17-18H,5-6H2,1-4H3. The van der Waals surface area contributed by atoms with Crippen LogP contribution in [0.5, 0.6) is 0 Å². The van der Waals surface area contributed by atoms with Crippen molar-refractivity contribution in [1.82, 2.24) is 15.1 Å². The van der Waals surface area contributed by atoms with E-state index in [-0.39, 0.29) is 0 Å². The van der Waals surface area contributed by atoms with Crippen molar-refractivity contribution in [2.75, 3.05) is 6.54 Å². The minimum Gasteiger partial charge on any atom is -0.309 e. The number of rotatable bonds is 7. The van der Waals surface area contributed by atoms with Crippen LogP contribution in [0.15, 0.2) is 41.4 Å². The first-order chi connectivity index (χ1) is 10.2. The van der Waals surface area contributed by atoms with Crippen molar-refractivity contribution in [3.05, 3.63) is 47.7 Å². The molecule has 0 spiro atoms. The summed E-state index contributed by atoms with van der Waals surface area (Å²) in [5.74, 6) is 0. The monoisotopic (exact) mass is 303 g/mol. The molecule has 2 unspecified atom stereocenters. The van der Waals surface area contributed by atoms with Crippen LogP contribution in [-0.4, -0.2) is 21.6 Å². The minimum absolute atomic E-state index is 0.362. The molecule has 4 heteroatoms. The summed E-state index contributed by atoms with van der Waals surface area (Å²) in [5, 5.41) is 9.82. The number of hydrogen-bond donors (Lipinski definition) is 1. The predicted octanol–water partition coefficient (Wildman–Crippen LogP) is 3.95. The second-order valence-electron chi connectivity index (χ2n) is 5.26. The van der Waals surface area contributed by atoms with E-state index in [4.69, 9.17) is 0 Å². The fraction of sp³-hybridized carbons (Fsp3) is 0.471. The zero-order valence-corrected chi connectivity index (χ0v) is 14.2. The number of nitrogens with zero attached hydrogens (tertiary/aromatic N) is 2. The molecule has 0 saturated carbocycles. The maximum Gasteiger partial charge on any atom is 0.0942 e. The van der Waals surface area contributed by atoms with E-state index in [0.717, 1.165) is 18.7 Å². The number of hydrogen-bond acceptors (Lipinski definition) is 3. The Labute approximate surface area is 132 Å². The van der Waals surface area contributed by atoms with Gasteiger partial charge >= 0.3 is 0 Å². The molecule has 0 bridgehead atoms. The summed E-state index contributed by atoms with van der Waals surface area (Å²) in [6.45, 7) is 7.45. The van der Waals surface area contributed by atoms with E-state index in [0.29, 0.717) is 11.3 Å². The van der Waals surface area contributed by atoms with Crippen LogP contribution in [0.4, 0.5) is 0 Å². The average Bonchev–Trinajstić information content (AvgIpc) is 2.81. The van der Waals surface area contributed by atoms with E-state index in [1.54, 1.807) is 0 Å². The second-order valence-corrected chi connectivity index (χ2v) is 6.52. The molecule has 1 N–H and O–H groups in total. The lowest BCUT2D eigenvalue weighted by molar-refractivity contribution is 0.520. The molecule has 0 saturated heterocycles. The Bertz CT molecular complexity index is 550. The lowest BCUT2D eigenvalue weighted by Gasteiger charge is -2.27. The Hall–Kier alpha value is -1.26. The van der Waals surface area contributed by atoms with Gasteiger partial charge in [0.25, 0.3) is 0 Å². The molecule has 21 heavy (non-hydrogen) atoms. The van der Waals surface area contributed by atoms with Crippen LogP contribution in [0, 0.1) is 6.92 Å². The van der Waals surface area contributed by atoms with Gasteiger partial charge in [-0.1, -0.05) is 44.2 Å². The van der Waals surface area contributed by atoms with E-state index in [2.05, 4.69) is 60.7 Å². The largest absolute Gasteiger partial charge is 0.309 e. The molecular weight excluding hydrogens is 278 g/mol. The first-order valence-electron chi connectivity index (χ1n) is 7.61. The Morgan fingerprint density at radius 3 is 2.48 bits per heavy atom. The average molecular weight is 303 g/mol. The first kappa shape index (κ1) is 16.1. The van der Waals surface area contributed by atoms with Gasteiger partial charge in [0.05, 0.1) is 10.7 Å². The van der Waals surface area contributed by atoms with Crippen molar-refractivity contribution < 1.29 is 0 Å². The highest BCUT2D eigenvalue weighted by Crippen LogP contribution is 2.34. The van der Waals surface area contributed by atoms with Gasteiger partial charge in [-0.15, -0.1) is 11.8 Å². The summed E-state index contributed by atoms with van der Waals surface area (Å²) >= 11 is 1.92. The van der Waals surface area contributed by atoms with E-state index < -0.39 is 0 Å². The zero-order valence-electron chi connectivity index (χ0n) is 13.3. The van der Waals surface area contributed by atoms with Crippen LogP contribution >= 0.6 is 11.8 Å². The van der Waals surface area contributed by atoms with Crippen LogP contribution in [0.1, 0.15) is 37.6 Å². The third-order valence-electron chi connectivity index (χ3n) is 3.59. The summed E-state index contributed by atoms with van der Waals surface area (Å²) in [4.78, 5) is 0. The van der Waals surface area contributed by atoms with E-state index in [1.807, 2.05) is 30.4 Å². The Morgan fingerprint density at radius 1 is 1.24 bits per heavy atom. The lowest BCUT2D eigenvalue weighted by Crippen LogP contribution is -2.30. The minimum atomic E-state index is 0.362. The molecule has 0 aliphatic carbocycles. The van der Waals surface area contributed by atoms with E-state index in [1.165, 1.54) is 10.6 Å². The van der Waals surface area contributed by atoms with Crippen molar-refractivity contribution in [2.24, 2.45) is 7.05 Å². The SMILES string of the molecule is CCNC(c1ccccc1)C(CC)Sc1cc(C)nn1C. The van der Waals surface area contributed by atoms with Gasteiger partial charge in [0.2, 0.25) is 0 Å². The molecule has 1 aromatic carbocycles. The van der Waals surface area contributed by atoms with Crippen LogP contribution in [0.3, 0.4) is 0 Å². The van der Waals surface area contributed by atoms with Gasteiger partial charge in [0.15, 0.2) is 0 Å². The Morgan fingerprint density at radius 2 is 1.95 bits per heavy atom. The van der Waals surface area contributed by atoms with Gasteiger partial charge in [0.1, 0.15) is 0 Å². The van der Waals surface area contributed by atoms with Crippen LogP contribution < -0.4 is 5.32 Å². The molecular formula is C17H25N3S. The van der Waals surface area contributed by atoms with Crippen LogP contribution in [0.25, 0.3) is 0 Å². The van der Waals surface area contributed by atoms with Gasteiger partial charge in [0, 0.05) is 18.3 Å². The lowest BCUT2D eigenvalue weighted by atomic mass is 10.0. The van der Waals surface area contributed by atoms with Gasteiger partial charge in [-0.25, -0.2) is 0 Å². The van der Waals surface area contributed by atoms with Crippen molar-refractivity contribution >= 4 is 11.8 Å². The summed E-state index contributed by atoms with van der Waals surface area (Å²) in [6.07, 6.45) is 1.11. The molecule has 0 aliphatic rings. The third kappa shape index (κ3) is 4.11. The molecule has 1 heterocycles. The molecule has 0 aliphatic heterocycles. The number of thioether (sulfide) groups is 1. The topological polar surface area (TPSA) is 29.9 Å². The number of aryl methyl sites for hydroxylation is 2. The predicted molar refractivity (Wildman–Crippen MR) is 90.7 cm³/mol. The molecule has 2 aromatic rings. The summed E-state index contributed by atoms with van der Waals surface area (Å²) in [6, 6.07) is 13.3. The molecule has 1 aromatic heterocycles. The highest BCUT2D eigenvalue weighted by Gasteiger charge is 2.23. The van der Waals surface area contributed by atoms with Gasteiger partial charge < -0.3 is 5.32 Å². The molecule has 0 radical (unpaired) electrons. The zero-order chi connectivity index (χ0) is 15.2. The van der Waals surface area contributed by atoms with E-state index in [9.17, 15) is 0 Å². The molecule has 2 rings (SSSR count). The van der Waals surface area contributed by atoms with Crippen molar-refractivity contribution in [3.8, 4) is 0 Å². The fourth-order valence-corrected chi connectivity index (χ4v) is 3.88. The Balaban J connectivity index is 2.22. The van der Waals surface area contributed by atoms with Crippen molar-refractivity contribution in [2.45, 2.75) is 43.5 Å². The highest BCUT2D eigenvalue weighted by atomic mass is 32.2. The van der Waals surface area contributed by atoms with Gasteiger partial charge in [-0.3, -0.25) is 4.68 Å². The fourth-order valence-electron chi connectivity index (χ4n) is 2.58. The first-order valence-corrected chi connectivity index (χ1v) is 8.49. The van der Waals surface area contributed by atoms with Crippen LogP contribution in [0.2, 0.25) is 0 Å². The summed E-state index contributed by atoms with van der Waals surface area (Å²) < 4.78 is 1.98. The molecule has 0 amide bonds. The number of nitrogens with one attached hydrogen (secondary N) is 1. The molecule has 114 valence electrons. The highest BCUT2D eigenvalue weighted by molar-refractivity contribution is 7.99. The molecule has 2 atom stereocenters. The smallest absolute Gasteiger partial charge is 0.0942 e. The number of benzene rings is 1. The third-order valence-corrected chi connectivity index (χ3v) is 5.12. The molecule has 0 fully saturated rings. The van der Waals surface area contributed by atoms with Gasteiger partial charge in [-0.2, -0.15) is 5.10 Å². The normalized spacial score (nSPS) is 14.1. The van der Waals surface area contributed by atoms with Gasteiger partial charge in [-0.05, 0) is 31.5 Å². The van der Waals surface area contributed by atoms with Crippen LogP contribution in [-0.2, 0) is 7.05 Å². The second kappa shape index (κ2) is 7.66. The summed E-state index contributed by atoms with van der Waals surface area (Å²) in [7, 11) is 2.02. The quantitative estimate of drug-likeness (QED) is 0.786. The maximum absolute atomic E-state index is 4.45. The summed E-state index contributed by atoms with van der Waals surface area (Å²) in [5.41, 5.74) is 2.44. The number of aromatic nitrogens is 2. The maximum atomic E-state index is 4.45. The molecule has 3 nitrogen and oxygen atoms in total. The van der Waals surface area contributed by atoms with Crippen molar-refractivity contribution in [1.29, 1.82) is 0 Å².